The summed E-state index contributed by atoms with van der Waals surface area (Å²) in [6.07, 6.45) is 4.60. The lowest BCUT2D eigenvalue weighted by atomic mass is 10.2. The molecule has 6 heteroatoms. The molecule has 0 aliphatic heterocycles. The molecule has 0 fully saturated rings. The zero-order valence-electron chi connectivity index (χ0n) is 16.1. The van der Waals surface area contributed by atoms with Crippen molar-refractivity contribution in [3.8, 4) is 0 Å². The van der Waals surface area contributed by atoms with Gasteiger partial charge in [-0.25, -0.2) is 0 Å². The Labute approximate surface area is 175 Å². The molecule has 0 amide bonds. The maximum absolute atomic E-state index is 4.74. The Balaban J connectivity index is 0.00000576. The van der Waals surface area contributed by atoms with Gasteiger partial charge in [0.1, 0.15) is 0 Å². The summed E-state index contributed by atoms with van der Waals surface area (Å²) in [6, 6.07) is 11.0. The summed E-state index contributed by atoms with van der Waals surface area (Å²) < 4.78 is 0. The van der Waals surface area contributed by atoms with E-state index < -0.39 is 0 Å². The molecule has 1 unspecified atom stereocenters. The average Bonchev–Trinajstić information content (AvgIpc) is 2.59. The highest BCUT2D eigenvalue weighted by molar-refractivity contribution is 14.0. The molecule has 2 N–H and O–H groups in total. The van der Waals surface area contributed by atoms with Gasteiger partial charge in [0.05, 0.1) is 6.54 Å². The third-order valence-corrected chi connectivity index (χ3v) is 4.65. The van der Waals surface area contributed by atoms with Gasteiger partial charge in [0, 0.05) is 25.7 Å². The molecule has 25 heavy (non-hydrogen) atoms. The molecule has 4 nitrogen and oxygen atoms in total. The zero-order chi connectivity index (χ0) is 17.6. The standard InChI is InChI=1S/C19H34N4S.HI/c1-5-20-19(21-13-9-10-14-24-4)22-15-17(2)23(3)16-18-11-7-6-8-12-18;/h6-8,11-12,17H,5,9-10,13-16H2,1-4H3,(H2,20,21,22);1H. The number of nitrogens with one attached hydrogen (secondary N) is 2. The van der Waals surface area contributed by atoms with Crippen LogP contribution in [-0.2, 0) is 6.54 Å². The number of nitrogens with zero attached hydrogens (tertiary/aromatic N) is 2. The van der Waals surface area contributed by atoms with Crippen LogP contribution in [0.2, 0.25) is 0 Å². The number of aliphatic imine (C=N–C) groups is 1. The number of guanidine groups is 1. The van der Waals surface area contributed by atoms with Crippen molar-refractivity contribution in [2.45, 2.75) is 39.3 Å². The zero-order valence-corrected chi connectivity index (χ0v) is 19.3. The number of rotatable bonds is 11. The summed E-state index contributed by atoms with van der Waals surface area (Å²) in [5, 5.41) is 6.77. The van der Waals surface area contributed by atoms with E-state index in [1.807, 2.05) is 11.8 Å². The average molecular weight is 478 g/mol. The van der Waals surface area contributed by atoms with E-state index in [4.69, 9.17) is 4.99 Å². The minimum absolute atomic E-state index is 0. The molecule has 1 aromatic rings. The van der Waals surface area contributed by atoms with Crippen molar-refractivity contribution in [3.63, 3.8) is 0 Å². The van der Waals surface area contributed by atoms with E-state index in [1.54, 1.807) is 0 Å². The van der Waals surface area contributed by atoms with Gasteiger partial charge in [-0.2, -0.15) is 11.8 Å². The minimum atomic E-state index is 0. The van der Waals surface area contributed by atoms with Gasteiger partial charge in [-0.05, 0) is 51.3 Å². The van der Waals surface area contributed by atoms with Gasteiger partial charge in [-0.1, -0.05) is 30.3 Å². The molecule has 1 aromatic carbocycles. The van der Waals surface area contributed by atoms with Crippen molar-refractivity contribution in [1.29, 1.82) is 0 Å². The Hall–Kier alpha value is -0.470. The lowest BCUT2D eigenvalue weighted by molar-refractivity contribution is 0.255. The van der Waals surface area contributed by atoms with E-state index >= 15 is 0 Å². The summed E-state index contributed by atoms with van der Waals surface area (Å²) >= 11 is 1.91. The number of unbranched alkanes of at least 4 members (excludes halogenated alkanes) is 1. The molecule has 0 radical (unpaired) electrons. The van der Waals surface area contributed by atoms with Crippen LogP contribution in [0.15, 0.2) is 35.3 Å². The molecule has 0 aliphatic rings. The fraction of sp³-hybridized carbons (Fsp3) is 0.632. The van der Waals surface area contributed by atoms with Crippen molar-refractivity contribution in [2.24, 2.45) is 4.99 Å². The van der Waals surface area contributed by atoms with Gasteiger partial charge in [0.2, 0.25) is 0 Å². The summed E-state index contributed by atoms with van der Waals surface area (Å²) in [6.45, 7) is 7.97. The van der Waals surface area contributed by atoms with Gasteiger partial charge >= 0.3 is 0 Å². The Morgan fingerprint density at radius 2 is 1.92 bits per heavy atom. The molecule has 1 rings (SSSR count). The number of hydrogen-bond donors (Lipinski definition) is 2. The summed E-state index contributed by atoms with van der Waals surface area (Å²) in [5.74, 6) is 2.16. The van der Waals surface area contributed by atoms with E-state index in [2.05, 4.69) is 73.0 Å². The first-order valence-corrected chi connectivity index (χ1v) is 10.3. The van der Waals surface area contributed by atoms with Crippen LogP contribution in [0.3, 0.4) is 0 Å². The third-order valence-electron chi connectivity index (χ3n) is 3.95. The molecule has 0 spiro atoms. The van der Waals surface area contributed by atoms with Crippen molar-refractivity contribution in [1.82, 2.24) is 15.5 Å². The Bertz CT molecular complexity index is 456. The summed E-state index contributed by atoms with van der Waals surface area (Å²) in [5.41, 5.74) is 1.34. The highest BCUT2D eigenvalue weighted by atomic mass is 127. The molecule has 0 saturated carbocycles. The maximum atomic E-state index is 4.74. The third kappa shape index (κ3) is 11.7. The fourth-order valence-electron chi connectivity index (χ4n) is 2.31. The van der Waals surface area contributed by atoms with Crippen LogP contribution in [0.25, 0.3) is 0 Å². The van der Waals surface area contributed by atoms with Gasteiger partial charge < -0.3 is 10.6 Å². The highest BCUT2D eigenvalue weighted by Crippen LogP contribution is 2.06. The van der Waals surface area contributed by atoms with E-state index in [0.29, 0.717) is 6.04 Å². The van der Waals surface area contributed by atoms with Crippen LogP contribution < -0.4 is 10.6 Å². The molecule has 0 saturated heterocycles. The topological polar surface area (TPSA) is 39.7 Å². The van der Waals surface area contributed by atoms with E-state index in [0.717, 1.165) is 32.1 Å². The van der Waals surface area contributed by atoms with Crippen LogP contribution in [0, 0.1) is 0 Å². The molecule has 0 bridgehead atoms. The number of thioether (sulfide) groups is 1. The van der Waals surface area contributed by atoms with Crippen molar-refractivity contribution >= 4 is 41.7 Å². The predicted molar refractivity (Wildman–Crippen MR) is 124 cm³/mol. The van der Waals surface area contributed by atoms with Gasteiger partial charge in [-0.3, -0.25) is 9.89 Å². The Morgan fingerprint density at radius 1 is 1.20 bits per heavy atom. The van der Waals surface area contributed by atoms with Crippen LogP contribution in [0.5, 0.6) is 0 Å². The molecule has 144 valence electrons. The van der Waals surface area contributed by atoms with Crippen molar-refractivity contribution in [3.05, 3.63) is 35.9 Å². The van der Waals surface area contributed by atoms with E-state index in [9.17, 15) is 0 Å². The SMILES string of the molecule is CCNC(=NCC(C)N(C)Cc1ccccc1)NCCCCSC.I. The molecule has 0 aromatic heterocycles. The molecule has 0 aliphatic carbocycles. The van der Waals surface area contributed by atoms with Crippen molar-refractivity contribution < 1.29 is 0 Å². The second-order valence-corrected chi connectivity index (χ2v) is 7.08. The number of halogens is 1. The number of hydrogen-bond acceptors (Lipinski definition) is 3. The first-order valence-electron chi connectivity index (χ1n) is 8.92. The van der Waals surface area contributed by atoms with Gasteiger partial charge in [-0.15, -0.1) is 24.0 Å². The van der Waals surface area contributed by atoms with Gasteiger partial charge in [0.25, 0.3) is 0 Å². The van der Waals surface area contributed by atoms with Crippen LogP contribution >= 0.6 is 35.7 Å². The largest absolute Gasteiger partial charge is 0.357 e. The molecule has 1 atom stereocenters. The Morgan fingerprint density at radius 3 is 2.56 bits per heavy atom. The minimum Gasteiger partial charge on any atom is -0.357 e. The first-order chi connectivity index (χ1) is 11.7. The highest BCUT2D eigenvalue weighted by Gasteiger charge is 2.09. The molecule has 0 heterocycles. The second kappa shape index (κ2) is 15.8. The maximum Gasteiger partial charge on any atom is 0.191 e. The van der Waals surface area contributed by atoms with Crippen LogP contribution in [0.4, 0.5) is 0 Å². The second-order valence-electron chi connectivity index (χ2n) is 6.10. The summed E-state index contributed by atoms with van der Waals surface area (Å²) in [7, 11) is 2.16. The molecular formula is C19H35IN4S. The fourth-order valence-corrected chi connectivity index (χ4v) is 2.80. The van der Waals surface area contributed by atoms with E-state index in [-0.39, 0.29) is 24.0 Å². The predicted octanol–water partition coefficient (Wildman–Crippen LogP) is 3.82. The Kier molecular flexibility index (Phi) is 15.5. The quantitative estimate of drug-likeness (QED) is 0.220. The van der Waals surface area contributed by atoms with Crippen LogP contribution in [-0.4, -0.2) is 55.6 Å². The first kappa shape index (κ1) is 24.5. The van der Waals surface area contributed by atoms with Gasteiger partial charge in [0.15, 0.2) is 5.96 Å². The van der Waals surface area contributed by atoms with E-state index in [1.165, 1.54) is 24.2 Å². The van der Waals surface area contributed by atoms with Crippen LogP contribution in [0.1, 0.15) is 32.3 Å². The normalized spacial score (nSPS) is 12.6. The molecular weight excluding hydrogens is 443 g/mol. The smallest absolute Gasteiger partial charge is 0.191 e. The number of benzene rings is 1. The number of likely N-dealkylation sites (N-methyl/N-ethyl adjacent to an activating group) is 1. The summed E-state index contributed by atoms with van der Waals surface area (Å²) in [4.78, 5) is 7.09. The van der Waals surface area contributed by atoms with Crippen molar-refractivity contribution in [2.75, 3.05) is 38.7 Å². The lowest BCUT2D eigenvalue weighted by Crippen LogP contribution is -2.39. The monoisotopic (exact) mass is 478 g/mol. The lowest BCUT2D eigenvalue weighted by Gasteiger charge is -2.24.